The highest BCUT2D eigenvalue weighted by atomic mass is 32.2. The zero-order valence-corrected chi connectivity index (χ0v) is 19.4. The Morgan fingerprint density at radius 1 is 1.00 bits per heavy atom. The van der Waals surface area contributed by atoms with Crippen molar-refractivity contribution < 1.29 is 13.2 Å². The van der Waals surface area contributed by atoms with Crippen molar-refractivity contribution in [3.8, 4) is 0 Å². The quantitative estimate of drug-likeness (QED) is 0.679. The first-order valence-electron chi connectivity index (χ1n) is 10.8. The van der Waals surface area contributed by atoms with Crippen molar-refractivity contribution >= 4 is 15.7 Å². The van der Waals surface area contributed by atoms with E-state index in [1.165, 1.54) is 5.56 Å². The number of nitrogens with zero attached hydrogens (tertiary/aromatic N) is 2. The van der Waals surface area contributed by atoms with Crippen LogP contribution in [0.2, 0.25) is 0 Å². The van der Waals surface area contributed by atoms with Crippen LogP contribution in [0.25, 0.3) is 0 Å². The molecule has 1 aliphatic heterocycles. The molecule has 0 saturated carbocycles. The average Bonchev–Trinajstić information content (AvgIpc) is 2.76. The van der Waals surface area contributed by atoms with Crippen molar-refractivity contribution in [2.24, 2.45) is 0 Å². The van der Waals surface area contributed by atoms with E-state index in [0.717, 1.165) is 17.5 Å². The van der Waals surface area contributed by atoms with Gasteiger partial charge in [-0.25, -0.2) is 8.42 Å². The number of hydrogen-bond acceptors (Lipinski definition) is 5. The van der Waals surface area contributed by atoms with Crippen LogP contribution < -0.4 is 5.32 Å². The Balaban J connectivity index is 1.75. The van der Waals surface area contributed by atoms with E-state index in [2.05, 4.69) is 41.4 Å². The van der Waals surface area contributed by atoms with Crippen LogP contribution in [0.4, 0.5) is 0 Å². The zero-order chi connectivity index (χ0) is 22.4. The molecule has 0 aromatic heterocycles. The Bertz CT molecular complexity index is 945. The molecule has 168 valence electrons. The lowest BCUT2D eigenvalue weighted by Crippen LogP contribution is -2.48. The summed E-state index contributed by atoms with van der Waals surface area (Å²) >= 11 is 0. The molecule has 0 aliphatic carbocycles. The summed E-state index contributed by atoms with van der Waals surface area (Å²) in [6.45, 7) is 3.34. The number of rotatable bonds is 8. The number of aryl methyl sites for hydroxylation is 1. The number of hydrogen-bond donors (Lipinski definition) is 1. The first-order valence-corrected chi connectivity index (χ1v) is 12.6. The lowest BCUT2D eigenvalue weighted by Gasteiger charge is -2.34. The lowest BCUT2D eigenvalue weighted by atomic mass is 10.0. The number of carbonyl (C=O) groups is 1. The van der Waals surface area contributed by atoms with Gasteiger partial charge in [0.05, 0.1) is 17.5 Å². The molecule has 0 bridgehead atoms. The van der Waals surface area contributed by atoms with Gasteiger partial charge in [0.25, 0.3) is 0 Å². The molecule has 31 heavy (non-hydrogen) atoms. The molecule has 2 aromatic rings. The molecule has 0 spiro atoms. The number of carbonyl (C=O) groups excluding carboxylic acids is 1. The predicted octanol–water partition coefficient (Wildman–Crippen LogP) is 2.44. The first kappa shape index (κ1) is 23.4. The van der Waals surface area contributed by atoms with Gasteiger partial charge in [-0.2, -0.15) is 0 Å². The lowest BCUT2D eigenvalue weighted by molar-refractivity contribution is -0.126. The third kappa shape index (κ3) is 6.15. The molecule has 1 saturated heterocycles. The molecule has 7 heteroatoms. The van der Waals surface area contributed by atoms with Gasteiger partial charge in [0.1, 0.15) is 6.04 Å². The highest BCUT2D eigenvalue weighted by Gasteiger charge is 2.32. The second-order valence-electron chi connectivity index (χ2n) is 8.32. The smallest absolute Gasteiger partial charge is 0.242 e. The largest absolute Gasteiger partial charge is 0.353 e. The van der Waals surface area contributed by atoms with E-state index < -0.39 is 15.9 Å². The summed E-state index contributed by atoms with van der Waals surface area (Å²) in [6, 6.07) is 17.7. The van der Waals surface area contributed by atoms with E-state index in [1.807, 2.05) is 49.3 Å². The third-order valence-corrected chi connectivity index (χ3v) is 7.58. The van der Waals surface area contributed by atoms with Crippen LogP contribution in [-0.2, 0) is 21.1 Å². The fourth-order valence-electron chi connectivity index (χ4n) is 4.02. The molecule has 2 atom stereocenters. The van der Waals surface area contributed by atoms with Gasteiger partial charge in [-0.15, -0.1) is 0 Å². The first-order chi connectivity index (χ1) is 14.8. The number of nitrogens with one attached hydrogen (secondary N) is 1. The number of amides is 1. The SMILES string of the molecule is CCc1ccc(C(CNC(=O)C(c2ccccc2)N2CCS(=O)(=O)CC2)N(C)C)cc1. The minimum atomic E-state index is -3.02. The van der Waals surface area contributed by atoms with E-state index in [0.29, 0.717) is 19.6 Å². The Morgan fingerprint density at radius 3 is 2.16 bits per heavy atom. The predicted molar refractivity (Wildman–Crippen MR) is 125 cm³/mol. The second kappa shape index (κ2) is 10.4. The molecular weight excluding hydrogens is 410 g/mol. The molecule has 1 N–H and O–H groups in total. The maximum absolute atomic E-state index is 13.3. The molecule has 1 heterocycles. The van der Waals surface area contributed by atoms with Crippen molar-refractivity contribution in [2.75, 3.05) is 45.2 Å². The molecule has 3 rings (SSSR count). The fraction of sp³-hybridized carbons (Fsp3) is 0.458. The molecule has 1 amide bonds. The van der Waals surface area contributed by atoms with Crippen LogP contribution in [0.1, 0.15) is 35.7 Å². The summed E-state index contributed by atoms with van der Waals surface area (Å²) in [7, 11) is 1.00. The monoisotopic (exact) mass is 443 g/mol. The van der Waals surface area contributed by atoms with Crippen molar-refractivity contribution in [1.29, 1.82) is 0 Å². The van der Waals surface area contributed by atoms with Crippen molar-refractivity contribution in [1.82, 2.24) is 15.1 Å². The maximum atomic E-state index is 13.3. The Morgan fingerprint density at radius 2 is 1.61 bits per heavy atom. The minimum absolute atomic E-state index is 0.0491. The summed E-state index contributed by atoms with van der Waals surface area (Å²) in [5.41, 5.74) is 3.32. The zero-order valence-electron chi connectivity index (χ0n) is 18.6. The summed E-state index contributed by atoms with van der Waals surface area (Å²) in [6.07, 6.45) is 0.994. The van der Waals surface area contributed by atoms with Crippen molar-refractivity contribution in [3.05, 3.63) is 71.3 Å². The standard InChI is InChI=1S/C24H33N3O3S/c1-4-19-10-12-20(13-11-19)22(26(2)3)18-25-24(28)23(21-8-6-5-7-9-21)27-14-16-31(29,30)17-15-27/h5-13,22-23H,4,14-18H2,1-3H3,(H,25,28). The van der Waals surface area contributed by atoms with Gasteiger partial charge in [0.15, 0.2) is 9.84 Å². The van der Waals surface area contributed by atoms with Gasteiger partial charge in [-0.3, -0.25) is 9.69 Å². The van der Waals surface area contributed by atoms with Crippen molar-refractivity contribution in [2.45, 2.75) is 25.4 Å². The summed E-state index contributed by atoms with van der Waals surface area (Å²) < 4.78 is 23.8. The molecule has 6 nitrogen and oxygen atoms in total. The van der Waals surface area contributed by atoms with Gasteiger partial charge in [-0.1, -0.05) is 61.5 Å². The summed E-state index contributed by atoms with van der Waals surface area (Å²) in [5.74, 6) is 0.0871. The molecule has 2 unspecified atom stereocenters. The van der Waals surface area contributed by atoms with Crippen LogP contribution in [0.3, 0.4) is 0 Å². The summed E-state index contributed by atoms with van der Waals surface area (Å²) in [5, 5.41) is 3.14. The van der Waals surface area contributed by atoms with Gasteiger partial charge < -0.3 is 10.2 Å². The third-order valence-electron chi connectivity index (χ3n) is 5.97. The van der Waals surface area contributed by atoms with Crippen LogP contribution in [-0.4, -0.2) is 69.4 Å². The normalized spacial score (nSPS) is 18.5. The fourth-order valence-corrected chi connectivity index (χ4v) is 5.25. The minimum Gasteiger partial charge on any atom is -0.353 e. The van der Waals surface area contributed by atoms with E-state index in [4.69, 9.17) is 0 Å². The van der Waals surface area contributed by atoms with Crippen LogP contribution in [0.15, 0.2) is 54.6 Å². The molecule has 1 aliphatic rings. The highest BCUT2D eigenvalue weighted by Crippen LogP contribution is 2.24. The van der Waals surface area contributed by atoms with Gasteiger partial charge in [0, 0.05) is 19.6 Å². The van der Waals surface area contributed by atoms with E-state index in [1.54, 1.807) is 0 Å². The molecular formula is C24H33N3O3S. The maximum Gasteiger partial charge on any atom is 0.242 e. The molecule has 2 aromatic carbocycles. The van der Waals surface area contributed by atoms with Gasteiger partial charge >= 0.3 is 0 Å². The molecule has 0 radical (unpaired) electrons. The van der Waals surface area contributed by atoms with Gasteiger partial charge in [-0.05, 0) is 37.2 Å². The Labute approximate surface area is 186 Å². The number of sulfone groups is 1. The van der Waals surface area contributed by atoms with Crippen molar-refractivity contribution in [3.63, 3.8) is 0 Å². The second-order valence-corrected chi connectivity index (χ2v) is 10.6. The van der Waals surface area contributed by atoms with E-state index in [-0.39, 0.29) is 23.5 Å². The van der Waals surface area contributed by atoms with E-state index >= 15 is 0 Å². The van der Waals surface area contributed by atoms with Gasteiger partial charge in [0.2, 0.25) is 5.91 Å². The number of benzene rings is 2. The molecule has 1 fully saturated rings. The average molecular weight is 444 g/mol. The highest BCUT2D eigenvalue weighted by molar-refractivity contribution is 7.91. The topological polar surface area (TPSA) is 69.7 Å². The van der Waals surface area contributed by atoms with Crippen LogP contribution in [0, 0.1) is 0 Å². The van der Waals surface area contributed by atoms with Crippen LogP contribution >= 0.6 is 0 Å². The van der Waals surface area contributed by atoms with Crippen LogP contribution in [0.5, 0.6) is 0 Å². The van der Waals surface area contributed by atoms with E-state index in [9.17, 15) is 13.2 Å². The number of likely N-dealkylation sites (N-methyl/N-ethyl adjacent to an activating group) is 1. The Hall–Kier alpha value is -2.22. The summed E-state index contributed by atoms with van der Waals surface area (Å²) in [4.78, 5) is 17.4. The Kier molecular flexibility index (Phi) is 7.86.